The second kappa shape index (κ2) is 11.4. The summed E-state index contributed by atoms with van der Waals surface area (Å²) in [7, 11) is 1.48. The minimum Gasteiger partial charge on any atom is -0.493 e. The van der Waals surface area contributed by atoms with Gasteiger partial charge in [-0.3, -0.25) is 34.4 Å². The van der Waals surface area contributed by atoms with Gasteiger partial charge in [0.25, 0.3) is 16.8 Å². The summed E-state index contributed by atoms with van der Waals surface area (Å²) in [4.78, 5) is 53.4. The third kappa shape index (κ3) is 6.04. The highest BCUT2D eigenvalue weighted by molar-refractivity contribution is 9.10. The quantitative estimate of drug-likeness (QED) is 0.143. The van der Waals surface area contributed by atoms with Crippen molar-refractivity contribution >= 4 is 56.4 Å². The van der Waals surface area contributed by atoms with Crippen LogP contribution < -0.4 is 9.47 Å². The number of Topliss-reactive ketones (excluding diaryl/α,β-unsaturated/α-hetero) is 1. The van der Waals surface area contributed by atoms with E-state index in [4.69, 9.17) is 9.47 Å². The number of nitrogens with zero attached hydrogens (tertiary/aromatic N) is 3. The van der Waals surface area contributed by atoms with Gasteiger partial charge in [-0.1, -0.05) is 6.07 Å². The lowest BCUT2D eigenvalue weighted by atomic mass is 10.1. The lowest BCUT2D eigenvalue weighted by Gasteiger charge is -2.13. The maximum absolute atomic E-state index is 12.9. The van der Waals surface area contributed by atoms with E-state index in [9.17, 15) is 24.5 Å². The lowest BCUT2D eigenvalue weighted by Crippen LogP contribution is -2.33. The lowest BCUT2D eigenvalue weighted by molar-refractivity contribution is -0.384. The minimum absolute atomic E-state index is 0.137. The first kappa shape index (κ1) is 26.0. The number of hydrogen-bond donors (Lipinski definition) is 0. The van der Waals surface area contributed by atoms with Crippen molar-refractivity contribution in [2.75, 3.05) is 13.7 Å². The molecule has 1 fully saturated rings. The molecule has 0 unspecified atom stereocenters. The number of imide groups is 1. The predicted molar refractivity (Wildman–Crippen MR) is 139 cm³/mol. The van der Waals surface area contributed by atoms with Crippen molar-refractivity contribution in [2.24, 2.45) is 0 Å². The standard InChI is InChI=1S/C25H18BrN3O7S/c1-35-21-11-15(10-19(26)23(21)36-14-17-4-2-3-9-27-17)12-22-24(31)28(25(32)37-22)13-20(30)16-5-7-18(8-6-16)29(33)34/h2-12H,13-14H2,1H3/b22-12+. The Kier molecular flexibility index (Phi) is 7.99. The van der Waals surface area contributed by atoms with Gasteiger partial charge in [0.2, 0.25) is 0 Å². The monoisotopic (exact) mass is 583 g/mol. The molecule has 0 spiro atoms. The first-order valence-electron chi connectivity index (χ1n) is 10.7. The Bertz CT molecular complexity index is 1410. The molecule has 0 saturated carbocycles. The Labute approximate surface area is 223 Å². The van der Waals surface area contributed by atoms with Gasteiger partial charge >= 0.3 is 0 Å². The number of thioether (sulfide) groups is 1. The molecule has 10 nitrogen and oxygen atoms in total. The molecule has 0 atom stereocenters. The molecule has 0 N–H and O–H groups in total. The van der Waals surface area contributed by atoms with E-state index in [2.05, 4.69) is 20.9 Å². The van der Waals surface area contributed by atoms with Gasteiger partial charge in [-0.25, -0.2) is 0 Å². The van der Waals surface area contributed by atoms with Gasteiger partial charge in [-0.2, -0.15) is 0 Å². The molecule has 2 aromatic carbocycles. The summed E-state index contributed by atoms with van der Waals surface area (Å²) in [5, 5.41) is 10.2. The van der Waals surface area contributed by atoms with Gasteiger partial charge < -0.3 is 9.47 Å². The predicted octanol–water partition coefficient (Wildman–Crippen LogP) is 5.26. The van der Waals surface area contributed by atoms with Crippen LogP contribution in [0.2, 0.25) is 0 Å². The molecule has 0 radical (unpaired) electrons. The first-order valence-corrected chi connectivity index (χ1v) is 12.3. The van der Waals surface area contributed by atoms with Crippen molar-refractivity contribution in [1.29, 1.82) is 0 Å². The van der Waals surface area contributed by atoms with E-state index in [0.717, 1.165) is 10.6 Å². The zero-order chi connectivity index (χ0) is 26.5. The van der Waals surface area contributed by atoms with Gasteiger partial charge in [-0.15, -0.1) is 0 Å². The number of halogens is 1. The summed E-state index contributed by atoms with van der Waals surface area (Å²) in [5.74, 6) is -0.274. The molecule has 1 saturated heterocycles. The van der Waals surface area contributed by atoms with Crippen LogP contribution in [-0.2, 0) is 11.4 Å². The van der Waals surface area contributed by atoms with Crippen molar-refractivity contribution in [3.05, 3.63) is 97.1 Å². The number of amides is 2. The van der Waals surface area contributed by atoms with Crippen LogP contribution in [0.4, 0.5) is 10.5 Å². The number of carbonyl (C=O) groups is 3. The van der Waals surface area contributed by atoms with Crippen molar-refractivity contribution in [1.82, 2.24) is 9.88 Å². The van der Waals surface area contributed by atoms with E-state index < -0.39 is 28.4 Å². The largest absolute Gasteiger partial charge is 0.493 e. The van der Waals surface area contributed by atoms with Crippen LogP contribution in [0.3, 0.4) is 0 Å². The van der Waals surface area contributed by atoms with Gasteiger partial charge in [0, 0.05) is 23.9 Å². The SMILES string of the molecule is COc1cc(/C=C2/SC(=O)N(CC(=O)c3ccc([N+](=O)[O-])cc3)C2=O)cc(Br)c1OCc1ccccn1. The van der Waals surface area contributed by atoms with Gasteiger partial charge in [0.1, 0.15) is 6.61 Å². The summed E-state index contributed by atoms with van der Waals surface area (Å²) in [6.45, 7) is -0.260. The molecular weight excluding hydrogens is 566 g/mol. The minimum atomic E-state index is -0.615. The number of nitro benzene ring substituents is 1. The number of benzene rings is 2. The average molecular weight is 584 g/mol. The molecule has 1 aromatic heterocycles. The van der Waals surface area contributed by atoms with Gasteiger partial charge in [0.15, 0.2) is 17.3 Å². The highest BCUT2D eigenvalue weighted by Gasteiger charge is 2.36. The van der Waals surface area contributed by atoms with Crippen LogP contribution in [-0.4, -0.2) is 45.4 Å². The molecule has 188 valence electrons. The number of carbonyl (C=O) groups excluding carboxylic acids is 3. The Hall–Kier alpha value is -4.03. The second-order valence-electron chi connectivity index (χ2n) is 7.64. The topological polar surface area (TPSA) is 129 Å². The van der Waals surface area contributed by atoms with Gasteiger partial charge in [0.05, 0.1) is 33.6 Å². The highest BCUT2D eigenvalue weighted by atomic mass is 79.9. The molecule has 3 aromatic rings. The maximum atomic E-state index is 12.9. The van der Waals surface area contributed by atoms with Crippen molar-refractivity contribution in [2.45, 2.75) is 6.61 Å². The smallest absolute Gasteiger partial charge is 0.293 e. The second-order valence-corrected chi connectivity index (χ2v) is 9.49. The summed E-state index contributed by atoms with van der Waals surface area (Å²) < 4.78 is 11.9. The molecule has 12 heteroatoms. The van der Waals surface area contributed by atoms with Crippen LogP contribution in [0.25, 0.3) is 6.08 Å². The zero-order valence-electron chi connectivity index (χ0n) is 19.3. The highest BCUT2D eigenvalue weighted by Crippen LogP contribution is 2.39. The number of rotatable bonds is 9. The molecule has 1 aliphatic heterocycles. The van der Waals surface area contributed by atoms with E-state index in [1.807, 2.05) is 18.2 Å². The Morgan fingerprint density at radius 2 is 1.95 bits per heavy atom. The van der Waals surface area contributed by atoms with E-state index in [1.165, 1.54) is 37.5 Å². The van der Waals surface area contributed by atoms with Crippen LogP contribution in [0.15, 0.2) is 70.2 Å². The van der Waals surface area contributed by atoms with Crippen molar-refractivity contribution in [3.8, 4) is 11.5 Å². The van der Waals surface area contributed by atoms with E-state index >= 15 is 0 Å². The molecule has 0 aliphatic carbocycles. The first-order chi connectivity index (χ1) is 17.8. The molecule has 4 rings (SSSR count). The Morgan fingerprint density at radius 1 is 1.19 bits per heavy atom. The Balaban J connectivity index is 1.49. The molecule has 2 amide bonds. The zero-order valence-corrected chi connectivity index (χ0v) is 21.7. The molecule has 2 heterocycles. The number of aromatic nitrogens is 1. The summed E-state index contributed by atoms with van der Waals surface area (Å²) in [6, 6.07) is 13.8. The molecule has 0 bridgehead atoms. The van der Waals surface area contributed by atoms with Gasteiger partial charge in [-0.05, 0) is 75.7 Å². The third-order valence-electron chi connectivity index (χ3n) is 5.22. The number of pyridine rings is 1. The number of ether oxygens (including phenoxy) is 2. The van der Waals surface area contributed by atoms with Crippen molar-refractivity contribution < 1.29 is 28.8 Å². The third-order valence-corrected chi connectivity index (χ3v) is 6.71. The fraction of sp³-hybridized carbons (Fsp3) is 0.120. The normalized spacial score (nSPS) is 14.2. The van der Waals surface area contributed by atoms with Crippen LogP contribution in [0, 0.1) is 10.1 Å². The number of non-ortho nitro benzene ring substituents is 1. The molecular formula is C25H18BrN3O7S. The van der Waals surface area contributed by atoms with Crippen LogP contribution >= 0.6 is 27.7 Å². The fourth-order valence-electron chi connectivity index (χ4n) is 3.38. The summed E-state index contributed by atoms with van der Waals surface area (Å²) >= 11 is 4.18. The number of nitro groups is 1. The van der Waals surface area contributed by atoms with E-state index in [-0.39, 0.29) is 22.8 Å². The number of methoxy groups -OCH3 is 1. The summed E-state index contributed by atoms with van der Waals surface area (Å²) in [5.41, 5.74) is 1.29. The average Bonchev–Trinajstić information content (AvgIpc) is 3.15. The Morgan fingerprint density at radius 3 is 2.59 bits per heavy atom. The van der Waals surface area contributed by atoms with E-state index in [1.54, 1.807) is 18.3 Å². The number of hydrogen-bond acceptors (Lipinski definition) is 9. The van der Waals surface area contributed by atoms with E-state index in [0.29, 0.717) is 33.3 Å². The van der Waals surface area contributed by atoms with Crippen LogP contribution in [0.1, 0.15) is 21.6 Å². The number of ketones is 1. The summed E-state index contributed by atoms with van der Waals surface area (Å²) in [6.07, 6.45) is 3.19. The molecule has 1 aliphatic rings. The van der Waals surface area contributed by atoms with Crippen molar-refractivity contribution in [3.63, 3.8) is 0 Å². The van der Waals surface area contributed by atoms with Crippen LogP contribution in [0.5, 0.6) is 11.5 Å². The maximum Gasteiger partial charge on any atom is 0.293 e. The molecule has 37 heavy (non-hydrogen) atoms. The fourth-order valence-corrected chi connectivity index (χ4v) is 4.80.